The summed E-state index contributed by atoms with van der Waals surface area (Å²) in [4.78, 5) is 48.4. The van der Waals surface area contributed by atoms with Gasteiger partial charge in [0.15, 0.2) is 0 Å². The van der Waals surface area contributed by atoms with Gasteiger partial charge in [0.1, 0.15) is 11.6 Å². The maximum absolute atomic E-state index is 14.6. The number of benzene rings is 2. The summed E-state index contributed by atoms with van der Waals surface area (Å²) >= 11 is 0. The number of ether oxygens (including phenoxy) is 1. The minimum Gasteiger partial charge on any atom is -0.394 e. The second-order valence-corrected chi connectivity index (χ2v) is 11.7. The number of fused-ring (bicyclic) bond motifs is 1. The van der Waals surface area contributed by atoms with Gasteiger partial charge in [-0.2, -0.15) is 0 Å². The summed E-state index contributed by atoms with van der Waals surface area (Å²) in [5.41, 5.74) is -0.392. The molecule has 3 amide bonds. The van der Waals surface area contributed by atoms with Gasteiger partial charge >= 0.3 is 0 Å². The van der Waals surface area contributed by atoms with Gasteiger partial charge in [-0.05, 0) is 43.9 Å². The molecule has 222 valence electrons. The van der Waals surface area contributed by atoms with Gasteiger partial charge in [0.25, 0.3) is 0 Å². The van der Waals surface area contributed by atoms with Gasteiger partial charge in [-0.25, -0.2) is 0 Å². The van der Waals surface area contributed by atoms with Crippen molar-refractivity contribution >= 4 is 23.4 Å². The van der Waals surface area contributed by atoms with Crippen LogP contribution in [0, 0.1) is 11.8 Å². The number of rotatable bonds is 12. The minimum atomic E-state index is -1.18. The van der Waals surface area contributed by atoms with E-state index in [1.54, 1.807) is 28.9 Å². The van der Waals surface area contributed by atoms with Crippen molar-refractivity contribution in [3.63, 3.8) is 0 Å². The molecular weight excluding hydrogens is 530 g/mol. The van der Waals surface area contributed by atoms with Crippen molar-refractivity contribution in [2.75, 3.05) is 24.6 Å². The van der Waals surface area contributed by atoms with Crippen molar-refractivity contribution in [3.8, 4) is 0 Å². The molecule has 3 heterocycles. The lowest BCUT2D eigenvalue weighted by molar-refractivity contribution is -0.155. The quantitative estimate of drug-likeness (QED) is 0.390. The number of para-hydroxylation sites is 1. The standard InChI is InChI=1S/C34H41N3O5/c1-5-20-35(22-25-14-10-8-11-15-25)32(41)29-34-19-18-33(7-3,42-34)27(28(34)31(40)37(29)24(4)23-38)30(39)36(21-6-2)26-16-12-9-13-17-26/h5-6,8-17,24,27-29,38H,1-2,7,18-23H2,3-4H3/t24-,27+,28+,29?,33-,34?/m1/s1. The topological polar surface area (TPSA) is 90.4 Å². The Morgan fingerprint density at radius 1 is 1.05 bits per heavy atom. The van der Waals surface area contributed by atoms with Gasteiger partial charge in [0.2, 0.25) is 17.7 Å². The lowest BCUT2D eigenvalue weighted by atomic mass is 9.64. The minimum absolute atomic E-state index is 0.209. The molecule has 1 spiro atoms. The molecule has 0 aliphatic carbocycles. The lowest BCUT2D eigenvalue weighted by Crippen LogP contribution is -2.58. The van der Waals surface area contributed by atoms with Crippen LogP contribution in [-0.4, -0.2) is 75.6 Å². The van der Waals surface area contributed by atoms with Gasteiger partial charge in [-0.15, -0.1) is 13.2 Å². The predicted octanol–water partition coefficient (Wildman–Crippen LogP) is 3.96. The van der Waals surface area contributed by atoms with Crippen LogP contribution >= 0.6 is 0 Å². The smallest absolute Gasteiger partial charge is 0.249 e. The van der Waals surface area contributed by atoms with E-state index in [0.29, 0.717) is 31.5 Å². The van der Waals surface area contributed by atoms with E-state index < -0.39 is 35.1 Å². The van der Waals surface area contributed by atoms with Crippen LogP contribution in [0.4, 0.5) is 5.69 Å². The van der Waals surface area contributed by atoms with Crippen molar-refractivity contribution in [2.45, 2.75) is 62.9 Å². The zero-order valence-corrected chi connectivity index (χ0v) is 24.5. The number of carbonyl (C=O) groups is 3. The summed E-state index contributed by atoms with van der Waals surface area (Å²) in [7, 11) is 0. The van der Waals surface area contributed by atoms with Crippen LogP contribution in [0.5, 0.6) is 0 Å². The molecule has 1 N–H and O–H groups in total. The third-order valence-electron chi connectivity index (χ3n) is 9.38. The average Bonchev–Trinajstić information content (AvgIpc) is 3.63. The first-order valence-corrected chi connectivity index (χ1v) is 14.8. The van der Waals surface area contributed by atoms with E-state index in [-0.39, 0.29) is 37.4 Å². The predicted molar refractivity (Wildman–Crippen MR) is 161 cm³/mol. The summed E-state index contributed by atoms with van der Waals surface area (Å²) in [5.74, 6) is -2.41. The number of carbonyl (C=O) groups excluding carboxylic acids is 3. The highest BCUT2D eigenvalue weighted by molar-refractivity contribution is 6.03. The lowest BCUT2D eigenvalue weighted by Gasteiger charge is -2.38. The van der Waals surface area contributed by atoms with Crippen LogP contribution in [0.15, 0.2) is 86.0 Å². The number of nitrogens with zero attached hydrogens (tertiary/aromatic N) is 3. The van der Waals surface area contributed by atoms with Crippen LogP contribution in [0.25, 0.3) is 0 Å². The van der Waals surface area contributed by atoms with Crippen LogP contribution in [-0.2, 0) is 25.7 Å². The van der Waals surface area contributed by atoms with E-state index in [2.05, 4.69) is 13.2 Å². The number of aliphatic hydroxyl groups is 1. The molecule has 3 saturated heterocycles. The van der Waals surface area contributed by atoms with E-state index >= 15 is 0 Å². The number of hydrogen-bond donors (Lipinski definition) is 1. The number of likely N-dealkylation sites (tertiary alicyclic amines) is 1. The monoisotopic (exact) mass is 571 g/mol. The van der Waals surface area contributed by atoms with Gasteiger partial charge in [0.05, 0.1) is 30.1 Å². The summed E-state index contributed by atoms with van der Waals surface area (Å²) in [6, 6.07) is 17.4. The first kappa shape index (κ1) is 29.7. The van der Waals surface area contributed by atoms with Gasteiger partial charge < -0.3 is 24.5 Å². The van der Waals surface area contributed by atoms with Crippen molar-refractivity contribution in [1.82, 2.24) is 9.80 Å². The first-order valence-electron chi connectivity index (χ1n) is 14.8. The van der Waals surface area contributed by atoms with Crippen molar-refractivity contribution in [3.05, 3.63) is 91.5 Å². The van der Waals surface area contributed by atoms with Crippen LogP contribution in [0.1, 0.15) is 38.7 Å². The molecule has 2 aromatic rings. The van der Waals surface area contributed by atoms with Crippen LogP contribution in [0.3, 0.4) is 0 Å². The number of hydrogen-bond acceptors (Lipinski definition) is 5. The summed E-state index contributed by atoms with van der Waals surface area (Å²) in [6.45, 7) is 12.0. The summed E-state index contributed by atoms with van der Waals surface area (Å²) < 4.78 is 6.94. The maximum atomic E-state index is 14.6. The highest BCUT2D eigenvalue weighted by Gasteiger charge is 2.79. The molecule has 2 unspecified atom stereocenters. The molecular formula is C34H41N3O5. The van der Waals surface area contributed by atoms with Crippen LogP contribution < -0.4 is 4.90 Å². The molecule has 8 heteroatoms. The molecule has 2 aromatic carbocycles. The van der Waals surface area contributed by atoms with Crippen molar-refractivity contribution < 1.29 is 24.2 Å². The largest absolute Gasteiger partial charge is 0.394 e. The number of amides is 3. The molecule has 0 aromatic heterocycles. The molecule has 3 aliphatic rings. The average molecular weight is 572 g/mol. The van der Waals surface area contributed by atoms with Crippen molar-refractivity contribution in [2.24, 2.45) is 11.8 Å². The summed E-state index contributed by atoms with van der Waals surface area (Å²) in [6.07, 6.45) is 4.92. The molecule has 0 radical (unpaired) electrons. The highest BCUT2D eigenvalue weighted by Crippen LogP contribution is 2.65. The molecule has 6 atom stereocenters. The zero-order chi connectivity index (χ0) is 30.1. The third kappa shape index (κ3) is 4.67. The Morgan fingerprint density at radius 3 is 2.29 bits per heavy atom. The van der Waals surface area contributed by atoms with E-state index in [9.17, 15) is 19.5 Å². The normalized spacial score (nSPS) is 28.3. The zero-order valence-electron chi connectivity index (χ0n) is 24.5. The fourth-order valence-corrected chi connectivity index (χ4v) is 7.47. The number of aliphatic hydroxyl groups excluding tert-OH is 1. The molecule has 0 saturated carbocycles. The van der Waals surface area contributed by atoms with E-state index in [0.717, 1.165) is 5.56 Å². The first-order chi connectivity index (χ1) is 20.3. The molecule has 5 rings (SSSR count). The van der Waals surface area contributed by atoms with Crippen molar-refractivity contribution in [1.29, 1.82) is 0 Å². The van der Waals surface area contributed by atoms with Gasteiger partial charge in [-0.3, -0.25) is 14.4 Å². The Bertz CT molecular complexity index is 1330. The van der Waals surface area contributed by atoms with Gasteiger partial charge in [-0.1, -0.05) is 67.6 Å². The Kier molecular flexibility index (Phi) is 8.39. The summed E-state index contributed by atoms with van der Waals surface area (Å²) in [5, 5.41) is 10.2. The fraction of sp³-hybridized carbons (Fsp3) is 0.441. The number of anilines is 1. The Balaban J connectivity index is 1.59. The van der Waals surface area contributed by atoms with E-state index in [4.69, 9.17) is 4.74 Å². The molecule has 42 heavy (non-hydrogen) atoms. The van der Waals surface area contributed by atoms with E-state index in [1.165, 1.54) is 4.90 Å². The molecule has 3 fully saturated rings. The maximum Gasteiger partial charge on any atom is 0.249 e. The SMILES string of the molecule is C=CCN(Cc1ccccc1)C(=O)C1N([C@H](C)CO)C(=O)[C@@H]2[C@@H](C(=O)N(CC=C)c3ccccc3)[C@@]3(CC)CCC12O3. The third-order valence-corrected chi connectivity index (χ3v) is 9.38. The fourth-order valence-electron chi connectivity index (χ4n) is 7.47. The molecule has 2 bridgehead atoms. The highest BCUT2D eigenvalue weighted by atomic mass is 16.5. The van der Waals surface area contributed by atoms with Gasteiger partial charge in [0, 0.05) is 25.3 Å². The second kappa shape index (κ2) is 11.9. The van der Waals surface area contributed by atoms with E-state index in [1.807, 2.05) is 67.6 Å². The van der Waals surface area contributed by atoms with Crippen LogP contribution in [0.2, 0.25) is 0 Å². The second-order valence-electron chi connectivity index (χ2n) is 11.7. The molecule has 8 nitrogen and oxygen atoms in total. The Morgan fingerprint density at radius 2 is 1.69 bits per heavy atom. The molecule has 3 aliphatic heterocycles. The Hall–Kier alpha value is -3.75. The Labute approximate surface area is 248 Å².